The van der Waals surface area contributed by atoms with Gasteiger partial charge in [0.1, 0.15) is 10.8 Å². The summed E-state index contributed by atoms with van der Waals surface area (Å²) in [5.74, 6) is -0.525. The van der Waals surface area contributed by atoms with Gasteiger partial charge in [0.2, 0.25) is 0 Å². The third-order valence-electron chi connectivity index (χ3n) is 2.67. The molecular weight excluding hydrogens is 292 g/mol. The van der Waals surface area contributed by atoms with Crippen molar-refractivity contribution in [1.29, 1.82) is 0 Å². The van der Waals surface area contributed by atoms with Crippen LogP contribution in [0.2, 0.25) is 0 Å². The normalized spacial score (nSPS) is 11.9. The van der Waals surface area contributed by atoms with Crippen LogP contribution in [0.1, 0.15) is 24.5 Å². The second kappa shape index (κ2) is 6.99. The molecule has 0 fully saturated rings. The van der Waals surface area contributed by atoms with E-state index >= 15 is 0 Å². The average Bonchev–Trinajstić information content (AvgIpc) is 2.26. The van der Waals surface area contributed by atoms with E-state index in [1.165, 1.54) is 23.1 Å². The van der Waals surface area contributed by atoms with Gasteiger partial charge < -0.3 is 5.73 Å². The summed E-state index contributed by atoms with van der Waals surface area (Å²) >= 11 is 4.83. The summed E-state index contributed by atoms with van der Waals surface area (Å²) in [5.41, 5.74) is 6.29. The maximum absolute atomic E-state index is 13.3. The Labute approximate surface area is 120 Å². The molecule has 0 aliphatic heterocycles. The fourth-order valence-electron chi connectivity index (χ4n) is 1.96. The van der Waals surface area contributed by atoms with Gasteiger partial charge in [-0.15, -0.1) is 0 Å². The lowest BCUT2D eigenvalue weighted by molar-refractivity contribution is -0.147. The summed E-state index contributed by atoms with van der Waals surface area (Å²) in [5, 5.41) is 0. The van der Waals surface area contributed by atoms with Crippen molar-refractivity contribution < 1.29 is 17.6 Å². The first kappa shape index (κ1) is 16.8. The van der Waals surface area contributed by atoms with Gasteiger partial charge in [-0.25, -0.2) is 4.39 Å². The van der Waals surface area contributed by atoms with Gasteiger partial charge in [0.05, 0.1) is 6.54 Å². The number of alkyl halides is 3. The minimum Gasteiger partial charge on any atom is -0.389 e. The number of halogens is 4. The van der Waals surface area contributed by atoms with Gasteiger partial charge in [-0.3, -0.25) is 4.90 Å². The van der Waals surface area contributed by atoms with Crippen LogP contribution in [0.25, 0.3) is 0 Å². The standard InChI is InChI=1S/C13H16F4N2S/c1-2-5-19(8-13(15,16)17)7-9-6-10(14)3-4-11(9)12(18)20/h3-4,6H,2,5,7-8H2,1H3,(H2,18,20). The lowest BCUT2D eigenvalue weighted by Gasteiger charge is -2.24. The highest BCUT2D eigenvalue weighted by molar-refractivity contribution is 7.80. The van der Waals surface area contributed by atoms with Crippen LogP contribution in [-0.4, -0.2) is 29.2 Å². The third-order valence-corrected chi connectivity index (χ3v) is 2.89. The zero-order valence-electron chi connectivity index (χ0n) is 11.0. The summed E-state index contributed by atoms with van der Waals surface area (Å²) in [6.45, 7) is 0.947. The van der Waals surface area contributed by atoms with E-state index in [0.29, 0.717) is 17.5 Å². The summed E-state index contributed by atoms with van der Waals surface area (Å²) in [4.78, 5) is 1.25. The van der Waals surface area contributed by atoms with Crippen LogP contribution in [0.15, 0.2) is 18.2 Å². The molecule has 112 valence electrons. The van der Waals surface area contributed by atoms with Gasteiger partial charge in [-0.2, -0.15) is 13.2 Å². The summed E-state index contributed by atoms with van der Waals surface area (Å²) in [6.07, 6.45) is -3.74. The number of rotatable bonds is 6. The molecule has 0 atom stereocenters. The highest BCUT2D eigenvalue weighted by Crippen LogP contribution is 2.20. The topological polar surface area (TPSA) is 29.3 Å². The van der Waals surface area contributed by atoms with Gasteiger partial charge in [-0.05, 0) is 36.7 Å². The molecule has 0 aliphatic rings. The predicted molar refractivity (Wildman–Crippen MR) is 73.9 cm³/mol. The fraction of sp³-hybridized carbons (Fsp3) is 0.462. The Hall–Kier alpha value is -1.21. The molecule has 0 saturated heterocycles. The Bertz CT molecular complexity index is 474. The molecule has 0 spiro atoms. The molecule has 1 rings (SSSR count). The van der Waals surface area contributed by atoms with Crippen molar-refractivity contribution in [3.63, 3.8) is 0 Å². The Morgan fingerprint density at radius 3 is 2.50 bits per heavy atom. The van der Waals surface area contributed by atoms with Crippen LogP contribution >= 0.6 is 12.2 Å². The van der Waals surface area contributed by atoms with Crippen molar-refractivity contribution >= 4 is 17.2 Å². The highest BCUT2D eigenvalue weighted by atomic mass is 32.1. The van der Waals surface area contributed by atoms with Crippen LogP contribution in [0.3, 0.4) is 0 Å². The van der Waals surface area contributed by atoms with E-state index in [1.54, 1.807) is 6.92 Å². The van der Waals surface area contributed by atoms with Crippen molar-refractivity contribution in [2.24, 2.45) is 5.73 Å². The molecule has 0 unspecified atom stereocenters. The number of hydrogen-bond donors (Lipinski definition) is 1. The molecule has 7 heteroatoms. The molecule has 20 heavy (non-hydrogen) atoms. The molecule has 0 saturated carbocycles. The molecular formula is C13H16F4N2S. The Kier molecular flexibility index (Phi) is 5.88. The van der Waals surface area contributed by atoms with Crippen LogP contribution in [0.4, 0.5) is 17.6 Å². The minimum atomic E-state index is -4.30. The summed E-state index contributed by atoms with van der Waals surface area (Å²) in [6, 6.07) is 3.75. The van der Waals surface area contributed by atoms with Crippen LogP contribution in [0, 0.1) is 5.82 Å². The van der Waals surface area contributed by atoms with Crippen molar-refractivity contribution in [2.75, 3.05) is 13.1 Å². The minimum absolute atomic E-state index is 0.0439. The summed E-state index contributed by atoms with van der Waals surface area (Å²) < 4.78 is 50.8. The molecule has 0 amide bonds. The molecule has 0 bridgehead atoms. The van der Waals surface area contributed by atoms with Crippen molar-refractivity contribution in [3.05, 3.63) is 35.1 Å². The maximum Gasteiger partial charge on any atom is 0.401 e. The number of benzene rings is 1. The molecule has 0 aliphatic carbocycles. The zero-order chi connectivity index (χ0) is 15.3. The molecule has 2 nitrogen and oxygen atoms in total. The Morgan fingerprint density at radius 1 is 1.35 bits per heavy atom. The van der Waals surface area contributed by atoms with E-state index in [1.807, 2.05) is 0 Å². The Balaban J connectivity index is 2.98. The molecule has 0 radical (unpaired) electrons. The van der Waals surface area contributed by atoms with Crippen LogP contribution < -0.4 is 5.73 Å². The largest absolute Gasteiger partial charge is 0.401 e. The van der Waals surface area contributed by atoms with E-state index in [4.69, 9.17) is 18.0 Å². The Morgan fingerprint density at radius 2 is 2.00 bits per heavy atom. The molecule has 1 aromatic rings. The number of nitrogens with zero attached hydrogens (tertiary/aromatic N) is 1. The van der Waals surface area contributed by atoms with Crippen molar-refractivity contribution in [2.45, 2.75) is 26.1 Å². The highest BCUT2D eigenvalue weighted by Gasteiger charge is 2.30. The molecule has 0 aromatic heterocycles. The first-order chi connectivity index (χ1) is 9.23. The quantitative estimate of drug-likeness (QED) is 0.646. The number of nitrogens with two attached hydrogens (primary N) is 1. The lowest BCUT2D eigenvalue weighted by Crippen LogP contribution is -2.35. The smallest absolute Gasteiger partial charge is 0.389 e. The number of hydrogen-bond acceptors (Lipinski definition) is 2. The second-order valence-corrected chi connectivity index (χ2v) is 4.93. The fourth-order valence-corrected chi connectivity index (χ4v) is 2.16. The van der Waals surface area contributed by atoms with E-state index in [-0.39, 0.29) is 18.1 Å². The first-order valence-electron chi connectivity index (χ1n) is 6.10. The zero-order valence-corrected chi connectivity index (χ0v) is 11.8. The monoisotopic (exact) mass is 308 g/mol. The first-order valence-corrected chi connectivity index (χ1v) is 6.51. The average molecular weight is 308 g/mol. The van der Waals surface area contributed by atoms with Gasteiger partial charge in [-0.1, -0.05) is 19.1 Å². The van der Waals surface area contributed by atoms with Crippen molar-refractivity contribution in [1.82, 2.24) is 4.90 Å². The molecule has 2 N–H and O–H groups in total. The second-order valence-electron chi connectivity index (χ2n) is 4.49. The predicted octanol–water partition coefficient (Wildman–Crippen LogP) is 3.23. The van der Waals surface area contributed by atoms with E-state index in [9.17, 15) is 17.6 Å². The maximum atomic E-state index is 13.3. The van der Waals surface area contributed by atoms with Gasteiger partial charge in [0.15, 0.2) is 0 Å². The van der Waals surface area contributed by atoms with Crippen LogP contribution in [0.5, 0.6) is 0 Å². The van der Waals surface area contributed by atoms with Crippen LogP contribution in [-0.2, 0) is 6.54 Å². The SMILES string of the molecule is CCCN(Cc1cc(F)ccc1C(N)=S)CC(F)(F)F. The summed E-state index contributed by atoms with van der Waals surface area (Å²) in [7, 11) is 0. The van der Waals surface area contributed by atoms with Gasteiger partial charge in [0, 0.05) is 12.1 Å². The molecule has 1 aromatic carbocycles. The molecule has 0 heterocycles. The van der Waals surface area contributed by atoms with E-state index in [0.717, 1.165) is 0 Å². The van der Waals surface area contributed by atoms with Gasteiger partial charge >= 0.3 is 6.18 Å². The van der Waals surface area contributed by atoms with Crippen molar-refractivity contribution in [3.8, 4) is 0 Å². The van der Waals surface area contributed by atoms with E-state index in [2.05, 4.69) is 0 Å². The lowest BCUT2D eigenvalue weighted by atomic mass is 10.1. The van der Waals surface area contributed by atoms with Gasteiger partial charge in [0.25, 0.3) is 0 Å². The number of thiocarbonyl (C=S) groups is 1. The third kappa shape index (κ3) is 5.42. The van der Waals surface area contributed by atoms with E-state index < -0.39 is 18.5 Å².